The van der Waals surface area contributed by atoms with E-state index in [2.05, 4.69) is 5.09 Å². The zero-order chi connectivity index (χ0) is 18.6. The molecule has 2 aromatic rings. The summed E-state index contributed by atoms with van der Waals surface area (Å²) in [5.74, 6) is -1.33. The number of nitro benzene ring substituents is 1. The Bertz CT molecular complexity index is 907. The molecule has 0 saturated heterocycles. The lowest BCUT2D eigenvalue weighted by Gasteiger charge is -2.15. The first kappa shape index (κ1) is 19.3. The van der Waals surface area contributed by atoms with Crippen LogP contribution in [0.3, 0.4) is 0 Å². The highest BCUT2D eigenvalue weighted by Gasteiger charge is 2.25. The summed E-state index contributed by atoms with van der Waals surface area (Å²) in [6.07, 6.45) is 1.09. The Labute approximate surface area is 161 Å². The van der Waals surface area contributed by atoms with Crippen LogP contribution < -0.4 is 9.82 Å². The number of hydrogen-bond donors (Lipinski definition) is 2. The van der Waals surface area contributed by atoms with Crippen molar-refractivity contribution in [1.29, 1.82) is 10.7 Å². The van der Waals surface area contributed by atoms with E-state index in [-0.39, 0.29) is 34.7 Å². The van der Waals surface area contributed by atoms with Gasteiger partial charge in [-0.1, -0.05) is 17.7 Å². The molecule has 0 fully saturated rings. The van der Waals surface area contributed by atoms with E-state index in [1.54, 1.807) is 6.07 Å². The van der Waals surface area contributed by atoms with Gasteiger partial charge in [-0.2, -0.15) is 5.26 Å². The van der Waals surface area contributed by atoms with Gasteiger partial charge in [-0.3, -0.25) is 10.1 Å². The minimum absolute atomic E-state index is 0.132. The molecule has 2 rings (SSSR count). The molecule has 2 aromatic carbocycles. The van der Waals surface area contributed by atoms with Crippen molar-refractivity contribution in [3.63, 3.8) is 0 Å². The first-order valence-corrected chi connectivity index (χ1v) is 10.9. The third kappa shape index (κ3) is 3.98. The SMILES string of the molecule is N#Cc1cccc(Oc2c(Cl)c(F)cc(NPI)c2C=N)c1[N+](=O)[O-]. The molecular formula is C14H8ClFIN4O3P. The van der Waals surface area contributed by atoms with Crippen molar-refractivity contribution in [2.24, 2.45) is 0 Å². The van der Waals surface area contributed by atoms with Crippen LogP contribution in [0.5, 0.6) is 11.5 Å². The molecule has 0 amide bonds. The van der Waals surface area contributed by atoms with E-state index in [9.17, 15) is 14.5 Å². The fourth-order valence-electron chi connectivity index (χ4n) is 2.01. The maximum atomic E-state index is 14.1. The number of hydrogen-bond acceptors (Lipinski definition) is 6. The van der Waals surface area contributed by atoms with Crippen LogP contribution in [-0.2, 0) is 0 Å². The summed E-state index contributed by atoms with van der Waals surface area (Å²) in [6, 6.07) is 6.74. The molecule has 0 aliphatic heterocycles. The summed E-state index contributed by atoms with van der Waals surface area (Å²) in [5.41, 5.74) is -0.379. The zero-order valence-electron chi connectivity index (χ0n) is 12.1. The Morgan fingerprint density at radius 2 is 2.28 bits per heavy atom. The van der Waals surface area contributed by atoms with E-state index in [0.29, 0.717) is 0 Å². The second kappa shape index (κ2) is 8.38. The van der Waals surface area contributed by atoms with Gasteiger partial charge in [0.1, 0.15) is 22.5 Å². The van der Waals surface area contributed by atoms with E-state index in [0.717, 1.165) is 12.3 Å². The quantitative estimate of drug-likeness (QED) is 0.184. The molecule has 0 heterocycles. The first-order chi connectivity index (χ1) is 11.9. The Morgan fingerprint density at radius 1 is 1.56 bits per heavy atom. The Balaban J connectivity index is 2.68. The molecule has 0 spiro atoms. The fourth-order valence-corrected chi connectivity index (χ4v) is 3.38. The van der Waals surface area contributed by atoms with Crippen molar-refractivity contribution >= 4 is 57.6 Å². The lowest BCUT2D eigenvalue weighted by molar-refractivity contribution is -0.385. The number of nitro groups is 1. The van der Waals surface area contributed by atoms with Crippen molar-refractivity contribution < 1.29 is 14.1 Å². The minimum Gasteiger partial charge on any atom is -0.448 e. The standard InChI is InChI=1S/C14H8ClFIN4O3P/c15-12-9(16)4-10(20-25-17)8(6-19)14(12)24-11-3-1-2-7(5-18)13(11)21(22)23/h1-4,6,19-20,25H. The number of rotatable bonds is 6. The summed E-state index contributed by atoms with van der Waals surface area (Å²) in [5, 5.41) is 30.3. The van der Waals surface area contributed by atoms with E-state index in [4.69, 9.17) is 27.0 Å². The number of benzene rings is 2. The van der Waals surface area contributed by atoms with Crippen molar-refractivity contribution in [3.8, 4) is 17.6 Å². The van der Waals surface area contributed by atoms with Crippen LogP contribution in [0.15, 0.2) is 24.3 Å². The van der Waals surface area contributed by atoms with E-state index in [1.807, 2.05) is 22.0 Å². The molecule has 2 N–H and O–H groups in total. The van der Waals surface area contributed by atoms with Crippen LogP contribution in [-0.4, -0.2) is 11.1 Å². The Hall–Kier alpha value is -2.02. The molecule has 0 aliphatic rings. The van der Waals surface area contributed by atoms with Crippen molar-refractivity contribution in [2.45, 2.75) is 0 Å². The molecule has 11 heteroatoms. The van der Waals surface area contributed by atoms with Gasteiger partial charge < -0.3 is 15.2 Å². The van der Waals surface area contributed by atoms with Crippen LogP contribution in [0.1, 0.15) is 11.1 Å². The normalized spacial score (nSPS) is 10.5. The summed E-state index contributed by atoms with van der Waals surface area (Å²) in [4.78, 5) is 10.5. The van der Waals surface area contributed by atoms with E-state index < -0.39 is 21.5 Å². The van der Waals surface area contributed by atoms with Gasteiger partial charge >= 0.3 is 5.69 Å². The first-order valence-electron chi connectivity index (χ1n) is 6.44. The molecule has 0 aromatic heterocycles. The molecule has 0 aliphatic carbocycles. The van der Waals surface area contributed by atoms with Crippen LogP contribution in [0.4, 0.5) is 15.8 Å². The Kier molecular flexibility index (Phi) is 6.47. The van der Waals surface area contributed by atoms with Crippen LogP contribution in [0.2, 0.25) is 5.02 Å². The van der Waals surface area contributed by atoms with Crippen molar-refractivity contribution in [2.75, 3.05) is 5.09 Å². The van der Waals surface area contributed by atoms with Crippen molar-refractivity contribution in [1.82, 2.24) is 0 Å². The van der Waals surface area contributed by atoms with Gasteiger partial charge in [0.25, 0.3) is 0 Å². The Morgan fingerprint density at radius 3 is 2.84 bits per heavy atom. The van der Waals surface area contributed by atoms with E-state index in [1.165, 1.54) is 18.2 Å². The highest BCUT2D eigenvalue weighted by atomic mass is 127. The van der Waals surface area contributed by atoms with Gasteiger partial charge in [0, 0.05) is 12.6 Å². The van der Waals surface area contributed by atoms with Crippen LogP contribution in [0, 0.1) is 32.7 Å². The largest absolute Gasteiger partial charge is 0.448 e. The van der Waals surface area contributed by atoms with E-state index >= 15 is 0 Å². The topological polar surface area (TPSA) is 112 Å². The van der Waals surface area contributed by atoms with Gasteiger partial charge in [0.15, 0.2) is 5.75 Å². The molecule has 128 valence electrons. The molecule has 25 heavy (non-hydrogen) atoms. The predicted octanol–water partition coefficient (Wildman–Crippen LogP) is 5.40. The third-order valence-corrected chi connectivity index (χ3v) is 4.58. The van der Waals surface area contributed by atoms with Gasteiger partial charge in [0.2, 0.25) is 5.75 Å². The van der Waals surface area contributed by atoms with Gasteiger partial charge in [0.05, 0.1) is 16.2 Å². The molecule has 7 nitrogen and oxygen atoms in total. The van der Waals surface area contributed by atoms with Gasteiger partial charge in [-0.15, -0.1) is 0 Å². The number of nitriles is 1. The second-order valence-corrected chi connectivity index (χ2v) is 6.88. The minimum atomic E-state index is -0.807. The molecule has 0 saturated carbocycles. The lowest BCUT2D eigenvalue weighted by Crippen LogP contribution is -2.01. The average molecular weight is 493 g/mol. The highest BCUT2D eigenvalue weighted by Crippen LogP contribution is 2.42. The summed E-state index contributed by atoms with van der Waals surface area (Å²) in [6.45, 7) is 0. The zero-order valence-corrected chi connectivity index (χ0v) is 16.1. The molecule has 0 bridgehead atoms. The molecule has 1 unspecified atom stereocenters. The van der Waals surface area contributed by atoms with Crippen LogP contribution >= 0.6 is 40.0 Å². The number of anilines is 1. The number of ether oxygens (including phenoxy) is 1. The maximum Gasteiger partial charge on any atom is 0.329 e. The fraction of sp³-hybridized carbons (Fsp3) is 0. The summed E-state index contributed by atoms with van der Waals surface area (Å²) < 4.78 is 19.6. The molecular weight excluding hydrogens is 485 g/mol. The second-order valence-electron chi connectivity index (χ2n) is 4.45. The smallest absolute Gasteiger partial charge is 0.329 e. The number of nitrogens with zero attached hydrogens (tertiary/aromatic N) is 2. The highest BCUT2D eigenvalue weighted by molar-refractivity contribution is 14.2. The van der Waals surface area contributed by atoms with Gasteiger partial charge in [-0.05, 0) is 40.2 Å². The third-order valence-electron chi connectivity index (χ3n) is 3.06. The number of nitrogens with one attached hydrogen (secondary N) is 2. The molecule has 0 radical (unpaired) electrons. The van der Waals surface area contributed by atoms with Crippen molar-refractivity contribution in [3.05, 3.63) is 56.3 Å². The predicted molar refractivity (Wildman–Crippen MR) is 103 cm³/mol. The maximum absolute atomic E-state index is 14.1. The lowest BCUT2D eigenvalue weighted by atomic mass is 10.1. The monoisotopic (exact) mass is 492 g/mol. The number of para-hydroxylation sites is 1. The van der Waals surface area contributed by atoms with Crippen LogP contribution in [0.25, 0.3) is 0 Å². The summed E-state index contributed by atoms with van der Waals surface area (Å²) >= 11 is 7.96. The number of halogens is 3. The molecule has 1 atom stereocenters. The van der Waals surface area contributed by atoms with Gasteiger partial charge in [-0.25, -0.2) is 4.39 Å². The average Bonchev–Trinajstić information content (AvgIpc) is 2.59. The summed E-state index contributed by atoms with van der Waals surface area (Å²) in [7, 11) is 0.